The molecule has 1 fully saturated rings. The highest BCUT2D eigenvalue weighted by Crippen LogP contribution is 2.17. The Bertz CT molecular complexity index is 756. The molecular formula is C12H15BrN5O3S+. The van der Waals surface area contributed by atoms with Crippen LogP contribution in [0.15, 0.2) is 44.4 Å². The van der Waals surface area contributed by atoms with E-state index < -0.39 is 10.0 Å². The molecule has 1 aliphatic heterocycles. The van der Waals surface area contributed by atoms with Crippen LogP contribution >= 0.6 is 15.9 Å². The maximum Gasteiger partial charge on any atom is 0.372 e. The zero-order chi connectivity index (χ0) is 15.7. The van der Waals surface area contributed by atoms with Crippen molar-refractivity contribution in [3.05, 3.63) is 34.9 Å². The standard InChI is InChI=1S/C12H15BrN5O3S/c13-11-12(14)21-15-18(11)16-6-8-17(9-7-16)22(19,20)10-4-2-1-3-5-10/h1-5H,6-9,14H2/q+1. The summed E-state index contributed by atoms with van der Waals surface area (Å²) < 4.78 is 31.9. The predicted octanol–water partition coefficient (Wildman–Crippen LogP) is -0.0507. The van der Waals surface area contributed by atoms with Crippen LogP contribution in [-0.4, -0.2) is 44.2 Å². The predicted molar refractivity (Wildman–Crippen MR) is 82.0 cm³/mol. The second-order valence-electron chi connectivity index (χ2n) is 4.79. The smallest absolute Gasteiger partial charge is 0.361 e. The second-order valence-corrected chi connectivity index (χ2v) is 7.48. The van der Waals surface area contributed by atoms with E-state index in [0.717, 1.165) is 0 Å². The summed E-state index contributed by atoms with van der Waals surface area (Å²) in [4.78, 5) is 1.81. The van der Waals surface area contributed by atoms with Crippen molar-refractivity contribution in [2.75, 3.05) is 36.9 Å². The molecule has 0 unspecified atom stereocenters. The van der Waals surface area contributed by atoms with Gasteiger partial charge in [0, 0.05) is 29.0 Å². The van der Waals surface area contributed by atoms with Crippen LogP contribution in [0.3, 0.4) is 0 Å². The van der Waals surface area contributed by atoms with Crippen molar-refractivity contribution in [3.8, 4) is 0 Å². The van der Waals surface area contributed by atoms with Gasteiger partial charge in [-0.3, -0.25) is 4.52 Å². The van der Waals surface area contributed by atoms with Gasteiger partial charge >= 0.3 is 10.5 Å². The largest absolute Gasteiger partial charge is 0.372 e. The Morgan fingerprint density at radius 3 is 2.36 bits per heavy atom. The first kappa shape index (κ1) is 15.3. The van der Waals surface area contributed by atoms with Crippen molar-refractivity contribution in [3.63, 3.8) is 0 Å². The number of halogens is 1. The highest BCUT2D eigenvalue weighted by molar-refractivity contribution is 9.10. The average molecular weight is 389 g/mol. The summed E-state index contributed by atoms with van der Waals surface area (Å²) in [5, 5.41) is 5.67. The fourth-order valence-electron chi connectivity index (χ4n) is 2.28. The van der Waals surface area contributed by atoms with Crippen molar-refractivity contribution in [1.29, 1.82) is 0 Å². The van der Waals surface area contributed by atoms with Crippen LogP contribution < -0.4 is 15.5 Å². The molecule has 10 heteroatoms. The van der Waals surface area contributed by atoms with E-state index in [0.29, 0.717) is 35.7 Å². The van der Waals surface area contributed by atoms with Gasteiger partial charge in [0.1, 0.15) is 0 Å². The topological polar surface area (TPSA) is 96.6 Å². The van der Waals surface area contributed by atoms with Crippen molar-refractivity contribution >= 4 is 31.8 Å². The van der Waals surface area contributed by atoms with Crippen LogP contribution in [0.25, 0.3) is 0 Å². The number of piperazine rings is 1. The number of benzene rings is 1. The van der Waals surface area contributed by atoms with Crippen LogP contribution in [0, 0.1) is 0 Å². The number of hydrogen-bond donors (Lipinski definition) is 1. The monoisotopic (exact) mass is 388 g/mol. The maximum atomic E-state index is 12.5. The summed E-state index contributed by atoms with van der Waals surface area (Å²) in [6.45, 7) is 1.70. The molecule has 1 saturated heterocycles. The molecule has 2 aromatic rings. The molecule has 1 aromatic heterocycles. The molecule has 8 nitrogen and oxygen atoms in total. The molecule has 118 valence electrons. The lowest BCUT2D eigenvalue weighted by Gasteiger charge is -2.29. The Kier molecular flexibility index (Phi) is 4.06. The van der Waals surface area contributed by atoms with E-state index in [2.05, 4.69) is 21.2 Å². The number of aromatic nitrogens is 2. The van der Waals surface area contributed by atoms with E-state index in [1.807, 2.05) is 5.01 Å². The molecule has 3 rings (SSSR count). The lowest BCUT2D eigenvalue weighted by atomic mass is 10.4. The Morgan fingerprint density at radius 1 is 1.18 bits per heavy atom. The molecule has 0 spiro atoms. The third-order valence-electron chi connectivity index (χ3n) is 3.46. The van der Waals surface area contributed by atoms with Gasteiger partial charge in [0.15, 0.2) is 0 Å². The number of sulfonamides is 1. The van der Waals surface area contributed by atoms with Crippen molar-refractivity contribution < 1.29 is 17.7 Å². The normalized spacial score (nSPS) is 16.9. The van der Waals surface area contributed by atoms with Gasteiger partial charge in [0.2, 0.25) is 15.3 Å². The van der Waals surface area contributed by atoms with E-state index in [9.17, 15) is 8.42 Å². The molecule has 2 heterocycles. The van der Waals surface area contributed by atoms with Gasteiger partial charge < -0.3 is 5.73 Å². The first-order valence-electron chi connectivity index (χ1n) is 6.63. The molecule has 0 bridgehead atoms. The lowest BCUT2D eigenvalue weighted by Crippen LogP contribution is -2.66. The summed E-state index contributed by atoms with van der Waals surface area (Å²) in [5.74, 6) is 0.180. The van der Waals surface area contributed by atoms with Gasteiger partial charge in [-0.1, -0.05) is 18.2 Å². The Hall–Kier alpha value is -1.65. The van der Waals surface area contributed by atoms with Crippen molar-refractivity contribution in [2.45, 2.75) is 4.90 Å². The Balaban J connectivity index is 1.73. The minimum atomic E-state index is -3.46. The first-order valence-corrected chi connectivity index (χ1v) is 8.87. The molecule has 2 N–H and O–H groups in total. The van der Waals surface area contributed by atoms with Crippen molar-refractivity contribution in [2.24, 2.45) is 0 Å². The molecule has 0 saturated carbocycles. The summed E-state index contributed by atoms with van der Waals surface area (Å²) in [6, 6.07) is 8.43. The highest BCUT2D eigenvalue weighted by Gasteiger charge is 2.34. The average Bonchev–Trinajstić information content (AvgIpc) is 2.88. The highest BCUT2D eigenvalue weighted by atomic mass is 79.9. The van der Waals surface area contributed by atoms with Crippen LogP contribution in [0.4, 0.5) is 5.88 Å². The molecule has 22 heavy (non-hydrogen) atoms. The summed E-state index contributed by atoms with van der Waals surface area (Å²) >= 11 is 3.29. The molecule has 0 radical (unpaired) electrons. The van der Waals surface area contributed by atoms with Gasteiger partial charge in [0.25, 0.3) is 0 Å². The Labute approximate surface area is 136 Å². The first-order chi connectivity index (χ1) is 10.5. The molecule has 1 aliphatic rings. The van der Waals surface area contributed by atoms with Crippen LogP contribution in [0.1, 0.15) is 0 Å². The van der Waals surface area contributed by atoms with Crippen molar-refractivity contribution in [1.82, 2.24) is 9.58 Å². The third-order valence-corrected chi connectivity index (χ3v) is 6.08. The number of nitrogens with two attached hydrogens (primary N) is 1. The number of rotatable bonds is 3. The van der Waals surface area contributed by atoms with Gasteiger partial charge in [0.05, 0.1) is 22.8 Å². The van der Waals surface area contributed by atoms with Gasteiger partial charge in [-0.25, -0.2) is 8.42 Å². The molecule has 1 aromatic carbocycles. The van der Waals surface area contributed by atoms with E-state index >= 15 is 0 Å². The number of nitrogen functional groups attached to an aromatic ring is 1. The minimum Gasteiger partial charge on any atom is -0.361 e. The van der Waals surface area contributed by atoms with Crippen LogP contribution in [0.2, 0.25) is 0 Å². The second kappa shape index (κ2) is 5.86. The zero-order valence-corrected chi connectivity index (χ0v) is 14.0. The fourth-order valence-corrected chi connectivity index (χ4v) is 4.08. The van der Waals surface area contributed by atoms with Crippen LogP contribution in [-0.2, 0) is 10.0 Å². The van der Waals surface area contributed by atoms with E-state index in [1.54, 1.807) is 30.3 Å². The molecule has 0 aliphatic carbocycles. The molecule has 0 amide bonds. The third kappa shape index (κ3) is 2.69. The van der Waals surface area contributed by atoms with Gasteiger partial charge in [-0.2, -0.15) is 4.31 Å². The minimum absolute atomic E-state index is 0.180. The SMILES string of the molecule is Nc1on[n+](N2CCN(S(=O)(=O)c3ccccc3)CC2)c1Br. The summed E-state index contributed by atoms with van der Waals surface area (Å²) in [5.41, 5.74) is 5.59. The maximum absolute atomic E-state index is 12.5. The molecular weight excluding hydrogens is 374 g/mol. The zero-order valence-electron chi connectivity index (χ0n) is 11.6. The fraction of sp³-hybridized carbons (Fsp3) is 0.333. The number of nitrogens with zero attached hydrogens (tertiary/aromatic N) is 4. The lowest BCUT2D eigenvalue weighted by molar-refractivity contribution is -0.768. The van der Waals surface area contributed by atoms with E-state index in [-0.39, 0.29) is 5.88 Å². The number of hydrogen-bond acceptors (Lipinski definition) is 6. The van der Waals surface area contributed by atoms with E-state index in [4.69, 9.17) is 10.3 Å². The quantitative estimate of drug-likeness (QED) is 0.740. The van der Waals surface area contributed by atoms with Gasteiger partial charge in [-0.05, 0) is 12.1 Å². The Morgan fingerprint density at radius 2 is 1.82 bits per heavy atom. The summed E-state index contributed by atoms with van der Waals surface area (Å²) in [6.07, 6.45) is 0. The summed E-state index contributed by atoms with van der Waals surface area (Å²) in [7, 11) is -3.46. The van der Waals surface area contributed by atoms with Gasteiger partial charge in [-0.15, -0.1) is 5.01 Å². The van der Waals surface area contributed by atoms with Crippen LogP contribution in [0.5, 0.6) is 0 Å². The number of anilines is 1. The van der Waals surface area contributed by atoms with E-state index in [1.165, 1.54) is 9.10 Å². The molecule has 0 atom stereocenters.